The van der Waals surface area contributed by atoms with E-state index < -0.39 is 12.0 Å². The van der Waals surface area contributed by atoms with Crippen LogP contribution in [0.3, 0.4) is 0 Å². The normalized spacial score (nSPS) is 20.1. The number of hydrogen-bond acceptors (Lipinski definition) is 4. The Morgan fingerprint density at radius 3 is 2.90 bits per heavy atom. The summed E-state index contributed by atoms with van der Waals surface area (Å²) < 4.78 is 10.4. The quantitative estimate of drug-likeness (QED) is 0.828. The first-order chi connectivity index (χ1) is 9.52. The highest BCUT2D eigenvalue weighted by atomic mass is 16.5. The highest BCUT2D eigenvalue weighted by Crippen LogP contribution is 2.28. The highest BCUT2D eigenvalue weighted by molar-refractivity contribution is 5.95. The summed E-state index contributed by atoms with van der Waals surface area (Å²) in [5, 5.41) is 5.29. The van der Waals surface area contributed by atoms with Gasteiger partial charge in [0.05, 0.1) is 30.2 Å². The van der Waals surface area contributed by atoms with Gasteiger partial charge in [-0.3, -0.25) is 0 Å². The topological polar surface area (TPSA) is 80.6 Å². The van der Waals surface area contributed by atoms with Gasteiger partial charge in [-0.2, -0.15) is 0 Å². The van der Waals surface area contributed by atoms with Crippen molar-refractivity contribution in [3.63, 3.8) is 0 Å². The van der Waals surface area contributed by atoms with E-state index in [1.165, 1.54) is 12.5 Å². The van der Waals surface area contributed by atoms with E-state index in [1.807, 2.05) is 13.8 Å². The highest BCUT2D eigenvalue weighted by Gasteiger charge is 2.33. The van der Waals surface area contributed by atoms with Crippen LogP contribution in [0, 0.1) is 0 Å². The van der Waals surface area contributed by atoms with Crippen LogP contribution in [-0.2, 0) is 9.53 Å². The molecule has 2 heterocycles. The number of carbonyl (C=O) groups excluding carboxylic acids is 2. The SMILES string of the molecule is CCC(C)OC(=O)C1=C(C)NC(=O)NC1c1ccoc1. The molecule has 1 aliphatic rings. The minimum absolute atomic E-state index is 0.176. The largest absolute Gasteiger partial charge is 0.472 e. The predicted molar refractivity (Wildman–Crippen MR) is 71.7 cm³/mol. The third kappa shape index (κ3) is 2.84. The van der Waals surface area contributed by atoms with E-state index in [1.54, 1.807) is 13.0 Å². The molecule has 1 aromatic heterocycles. The summed E-state index contributed by atoms with van der Waals surface area (Å²) in [5.41, 5.74) is 1.59. The van der Waals surface area contributed by atoms with Crippen LogP contribution in [0.4, 0.5) is 4.79 Å². The van der Waals surface area contributed by atoms with Crippen LogP contribution >= 0.6 is 0 Å². The molecule has 0 aromatic carbocycles. The van der Waals surface area contributed by atoms with Gasteiger partial charge in [-0.1, -0.05) is 6.92 Å². The number of urea groups is 1. The van der Waals surface area contributed by atoms with Crippen LogP contribution in [0.1, 0.15) is 38.8 Å². The van der Waals surface area contributed by atoms with Gasteiger partial charge >= 0.3 is 12.0 Å². The lowest BCUT2D eigenvalue weighted by atomic mass is 9.98. The average Bonchev–Trinajstić information content (AvgIpc) is 2.91. The van der Waals surface area contributed by atoms with Crippen LogP contribution in [0.2, 0.25) is 0 Å². The molecule has 2 atom stereocenters. The van der Waals surface area contributed by atoms with E-state index >= 15 is 0 Å². The van der Waals surface area contributed by atoms with Gasteiger partial charge in [0, 0.05) is 11.3 Å². The third-order valence-electron chi connectivity index (χ3n) is 3.25. The van der Waals surface area contributed by atoms with Crippen LogP contribution in [0.5, 0.6) is 0 Å². The molecule has 108 valence electrons. The minimum atomic E-state index is -0.556. The number of nitrogens with one attached hydrogen (secondary N) is 2. The van der Waals surface area contributed by atoms with Crippen molar-refractivity contribution >= 4 is 12.0 Å². The van der Waals surface area contributed by atoms with Crippen LogP contribution in [-0.4, -0.2) is 18.1 Å². The lowest BCUT2D eigenvalue weighted by Crippen LogP contribution is -2.45. The van der Waals surface area contributed by atoms with E-state index in [0.717, 1.165) is 6.42 Å². The molecule has 1 aromatic rings. The second kappa shape index (κ2) is 5.81. The molecule has 0 fully saturated rings. The average molecular weight is 278 g/mol. The van der Waals surface area contributed by atoms with Crippen molar-refractivity contribution in [3.05, 3.63) is 35.4 Å². The molecule has 6 nitrogen and oxygen atoms in total. The summed E-state index contributed by atoms with van der Waals surface area (Å²) in [6.07, 6.45) is 3.55. The Hall–Kier alpha value is -2.24. The fraction of sp³-hybridized carbons (Fsp3) is 0.429. The van der Waals surface area contributed by atoms with Crippen molar-refractivity contribution in [2.24, 2.45) is 0 Å². The molecule has 0 radical (unpaired) electrons. The predicted octanol–water partition coefficient (Wildman–Crippen LogP) is 2.25. The zero-order valence-corrected chi connectivity index (χ0v) is 11.7. The number of rotatable bonds is 4. The molecule has 1 aliphatic heterocycles. The summed E-state index contributed by atoms with van der Waals surface area (Å²) >= 11 is 0. The van der Waals surface area contributed by atoms with Gasteiger partial charge in [0.15, 0.2) is 0 Å². The van der Waals surface area contributed by atoms with Gasteiger partial charge in [-0.15, -0.1) is 0 Å². The summed E-state index contributed by atoms with van der Waals surface area (Å²) in [6, 6.07) is 0.799. The summed E-state index contributed by atoms with van der Waals surface area (Å²) in [5.74, 6) is -0.435. The van der Waals surface area contributed by atoms with E-state index in [4.69, 9.17) is 9.15 Å². The smallest absolute Gasteiger partial charge is 0.338 e. The molecule has 2 unspecified atom stereocenters. The molecular formula is C14H18N2O4. The van der Waals surface area contributed by atoms with Crippen molar-refractivity contribution < 1.29 is 18.7 Å². The number of hydrogen-bond donors (Lipinski definition) is 2. The maximum atomic E-state index is 12.3. The van der Waals surface area contributed by atoms with E-state index in [2.05, 4.69) is 10.6 Å². The van der Waals surface area contributed by atoms with Crippen LogP contribution in [0.15, 0.2) is 34.3 Å². The Labute approximate surface area is 117 Å². The van der Waals surface area contributed by atoms with Crippen LogP contribution in [0.25, 0.3) is 0 Å². The van der Waals surface area contributed by atoms with Gasteiger partial charge in [0.2, 0.25) is 0 Å². The lowest BCUT2D eigenvalue weighted by Gasteiger charge is -2.27. The number of esters is 1. The molecule has 20 heavy (non-hydrogen) atoms. The molecule has 0 saturated heterocycles. The Bertz CT molecular complexity index is 533. The van der Waals surface area contributed by atoms with Crippen molar-refractivity contribution in [2.45, 2.75) is 39.3 Å². The molecule has 6 heteroatoms. The fourth-order valence-electron chi connectivity index (χ4n) is 1.98. The zero-order chi connectivity index (χ0) is 14.7. The molecule has 2 rings (SSSR count). The first-order valence-corrected chi connectivity index (χ1v) is 6.54. The van der Waals surface area contributed by atoms with E-state index in [9.17, 15) is 9.59 Å². The maximum Gasteiger partial charge on any atom is 0.338 e. The van der Waals surface area contributed by atoms with Gasteiger partial charge in [0.25, 0.3) is 0 Å². The van der Waals surface area contributed by atoms with Crippen LogP contribution < -0.4 is 10.6 Å². The number of furan rings is 1. The van der Waals surface area contributed by atoms with Crippen molar-refractivity contribution in [2.75, 3.05) is 0 Å². The van der Waals surface area contributed by atoms with E-state index in [-0.39, 0.29) is 12.1 Å². The third-order valence-corrected chi connectivity index (χ3v) is 3.25. The molecule has 0 saturated carbocycles. The molecule has 0 aliphatic carbocycles. The zero-order valence-electron chi connectivity index (χ0n) is 11.7. The standard InChI is InChI=1S/C14H18N2O4/c1-4-8(2)20-13(17)11-9(3)15-14(18)16-12(11)10-5-6-19-7-10/h5-8,12H,4H2,1-3H3,(H2,15,16,18). The maximum absolute atomic E-state index is 12.3. The Kier molecular flexibility index (Phi) is 4.12. The molecule has 2 N–H and O–H groups in total. The number of amides is 2. The summed E-state index contributed by atoms with van der Waals surface area (Å²) in [6.45, 7) is 5.45. The Morgan fingerprint density at radius 2 is 2.30 bits per heavy atom. The lowest BCUT2D eigenvalue weighted by molar-refractivity contribution is -0.144. The van der Waals surface area contributed by atoms with Gasteiger partial charge in [-0.05, 0) is 26.3 Å². The first kappa shape index (κ1) is 14.2. The van der Waals surface area contributed by atoms with E-state index in [0.29, 0.717) is 16.8 Å². The fourth-order valence-corrected chi connectivity index (χ4v) is 1.98. The summed E-state index contributed by atoms with van der Waals surface area (Å²) in [4.78, 5) is 23.9. The van der Waals surface area contributed by atoms with Crippen molar-refractivity contribution in [1.82, 2.24) is 10.6 Å². The molecule has 0 bridgehead atoms. The molecular weight excluding hydrogens is 260 g/mol. The number of allylic oxidation sites excluding steroid dienone is 1. The summed E-state index contributed by atoms with van der Waals surface area (Å²) in [7, 11) is 0. The Balaban J connectivity index is 2.31. The van der Waals surface area contributed by atoms with Gasteiger partial charge < -0.3 is 19.8 Å². The second-order valence-corrected chi connectivity index (χ2v) is 4.75. The Morgan fingerprint density at radius 1 is 1.55 bits per heavy atom. The number of carbonyl (C=O) groups is 2. The molecule has 2 amide bonds. The van der Waals surface area contributed by atoms with Crippen molar-refractivity contribution in [3.8, 4) is 0 Å². The second-order valence-electron chi connectivity index (χ2n) is 4.75. The van der Waals surface area contributed by atoms with Gasteiger partial charge in [0.1, 0.15) is 0 Å². The minimum Gasteiger partial charge on any atom is -0.472 e. The monoisotopic (exact) mass is 278 g/mol. The molecule has 0 spiro atoms. The van der Waals surface area contributed by atoms with Crippen molar-refractivity contribution in [1.29, 1.82) is 0 Å². The van der Waals surface area contributed by atoms with Gasteiger partial charge in [-0.25, -0.2) is 9.59 Å². The number of ether oxygens (including phenoxy) is 1. The first-order valence-electron chi connectivity index (χ1n) is 6.54.